The first-order chi connectivity index (χ1) is 21.4. The summed E-state index contributed by atoms with van der Waals surface area (Å²) >= 11 is 0. The van der Waals surface area contributed by atoms with Gasteiger partial charge in [0.25, 0.3) is 5.91 Å². The van der Waals surface area contributed by atoms with Gasteiger partial charge in [-0.15, -0.1) is 0 Å². The Labute approximate surface area is 267 Å². The number of nitrogens with one attached hydrogen (secondary N) is 5. The van der Waals surface area contributed by atoms with E-state index < -0.39 is 23.9 Å². The van der Waals surface area contributed by atoms with Crippen LogP contribution >= 0.6 is 0 Å². The van der Waals surface area contributed by atoms with Crippen molar-refractivity contribution in [2.45, 2.75) is 97.8 Å². The van der Waals surface area contributed by atoms with Crippen LogP contribution in [0.25, 0.3) is 0 Å². The second kappa shape index (κ2) is 19.4. The SMILES string of the molecule is CCNC(=O)[C@H](CC)NC[C@H](CC(C)C)NC(=O)[C@H](CCc1ccccc1)NC(=O)[C@H](CC(C)C)NC(=O)c1cc[n+]([O-])cc1. The zero-order valence-corrected chi connectivity index (χ0v) is 27.6. The lowest BCUT2D eigenvalue weighted by atomic mass is 9.99. The van der Waals surface area contributed by atoms with E-state index in [9.17, 15) is 24.4 Å². The number of benzene rings is 1. The van der Waals surface area contributed by atoms with Gasteiger partial charge in [-0.2, -0.15) is 4.73 Å². The minimum absolute atomic E-state index is 0.0788. The Kier molecular flexibility index (Phi) is 16.0. The fourth-order valence-electron chi connectivity index (χ4n) is 5.07. The molecule has 11 heteroatoms. The number of pyridine rings is 1. The number of nitrogens with zero attached hydrogens (tertiary/aromatic N) is 1. The molecule has 0 aliphatic rings. The normalized spacial score (nSPS) is 13.9. The van der Waals surface area contributed by atoms with Crippen LogP contribution in [0.2, 0.25) is 0 Å². The van der Waals surface area contributed by atoms with E-state index in [1.807, 2.05) is 58.0 Å². The van der Waals surface area contributed by atoms with Crippen molar-refractivity contribution in [3.8, 4) is 0 Å². The van der Waals surface area contributed by atoms with Gasteiger partial charge in [0.15, 0.2) is 12.4 Å². The lowest BCUT2D eigenvalue weighted by molar-refractivity contribution is -0.605. The molecular weight excluding hydrogens is 572 g/mol. The second-order valence-electron chi connectivity index (χ2n) is 12.3. The predicted octanol–water partition coefficient (Wildman–Crippen LogP) is 2.62. The van der Waals surface area contributed by atoms with Crippen molar-refractivity contribution in [1.82, 2.24) is 26.6 Å². The quantitative estimate of drug-likeness (QED) is 0.120. The fourth-order valence-corrected chi connectivity index (χ4v) is 5.07. The molecule has 0 radical (unpaired) electrons. The van der Waals surface area contributed by atoms with Crippen LogP contribution in [0.1, 0.15) is 83.1 Å². The third-order valence-electron chi connectivity index (χ3n) is 7.38. The number of likely N-dealkylation sites (N-methyl/N-ethyl adjacent to an activating group) is 1. The average Bonchev–Trinajstić information content (AvgIpc) is 2.99. The van der Waals surface area contributed by atoms with Gasteiger partial charge >= 0.3 is 0 Å². The number of carbonyl (C=O) groups excluding carboxylic acids is 4. The largest absolute Gasteiger partial charge is 0.619 e. The molecular formula is C34H52N6O5. The van der Waals surface area contributed by atoms with Gasteiger partial charge in [-0.25, -0.2) is 0 Å². The van der Waals surface area contributed by atoms with Gasteiger partial charge in [-0.1, -0.05) is 65.0 Å². The summed E-state index contributed by atoms with van der Waals surface area (Å²) in [6.45, 7) is 12.8. The first-order valence-electron chi connectivity index (χ1n) is 16.1. The molecule has 0 aliphatic heterocycles. The highest BCUT2D eigenvalue weighted by atomic mass is 16.5. The molecule has 248 valence electrons. The molecule has 0 bridgehead atoms. The lowest BCUT2D eigenvalue weighted by Gasteiger charge is -2.28. The number of aromatic nitrogens is 1. The van der Waals surface area contributed by atoms with Crippen LogP contribution in [0.5, 0.6) is 0 Å². The van der Waals surface area contributed by atoms with Crippen LogP contribution in [-0.2, 0) is 20.8 Å². The Bertz CT molecular complexity index is 1210. The molecule has 2 aromatic rings. The van der Waals surface area contributed by atoms with E-state index in [4.69, 9.17) is 0 Å². The highest BCUT2D eigenvalue weighted by molar-refractivity contribution is 5.98. The maximum absolute atomic E-state index is 13.8. The molecule has 0 aliphatic carbocycles. The number of carbonyl (C=O) groups is 4. The molecule has 0 fully saturated rings. The van der Waals surface area contributed by atoms with Crippen LogP contribution in [0.4, 0.5) is 0 Å². The van der Waals surface area contributed by atoms with Crippen LogP contribution in [0, 0.1) is 17.0 Å². The summed E-state index contributed by atoms with van der Waals surface area (Å²) in [5.74, 6) is -0.990. The summed E-state index contributed by atoms with van der Waals surface area (Å²) < 4.78 is 0.579. The van der Waals surface area contributed by atoms with Crippen LogP contribution in [-0.4, -0.2) is 60.9 Å². The van der Waals surface area contributed by atoms with E-state index in [-0.39, 0.29) is 41.3 Å². The summed E-state index contributed by atoms with van der Waals surface area (Å²) in [4.78, 5) is 52.9. The van der Waals surface area contributed by atoms with Crippen LogP contribution < -0.4 is 31.3 Å². The monoisotopic (exact) mass is 624 g/mol. The molecule has 4 atom stereocenters. The van der Waals surface area contributed by atoms with Gasteiger partial charge in [-0.05, 0) is 56.4 Å². The zero-order chi connectivity index (χ0) is 33.4. The topological polar surface area (TPSA) is 155 Å². The minimum Gasteiger partial charge on any atom is -0.619 e. The van der Waals surface area contributed by atoms with E-state index >= 15 is 0 Å². The van der Waals surface area contributed by atoms with Gasteiger partial charge in [0, 0.05) is 31.3 Å². The predicted molar refractivity (Wildman–Crippen MR) is 175 cm³/mol. The maximum atomic E-state index is 13.8. The Balaban J connectivity index is 2.24. The van der Waals surface area contributed by atoms with Crippen LogP contribution in [0.15, 0.2) is 54.9 Å². The molecule has 5 N–H and O–H groups in total. The highest BCUT2D eigenvalue weighted by Crippen LogP contribution is 2.11. The molecule has 45 heavy (non-hydrogen) atoms. The molecule has 0 saturated heterocycles. The molecule has 0 saturated carbocycles. The first-order valence-corrected chi connectivity index (χ1v) is 16.1. The lowest BCUT2D eigenvalue weighted by Crippen LogP contribution is -2.57. The molecule has 1 heterocycles. The van der Waals surface area contributed by atoms with Gasteiger partial charge in [0.05, 0.1) is 11.6 Å². The smallest absolute Gasteiger partial charge is 0.252 e. The third-order valence-corrected chi connectivity index (χ3v) is 7.38. The van der Waals surface area contributed by atoms with E-state index in [2.05, 4.69) is 40.4 Å². The molecule has 0 unspecified atom stereocenters. The van der Waals surface area contributed by atoms with Crippen molar-refractivity contribution in [3.05, 3.63) is 71.2 Å². The molecule has 0 spiro atoms. The number of hydrogen-bond acceptors (Lipinski definition) is 6. The summed E-state index contributed by atoms with van der Waals surface area (Å²) in [7, 11) is 0. The van der Waals surface area contributed by atoms with Gasteiger partial charge < -0.3 is 31.8 Å². The van der Waals surface area contributed by atoms with Crippen LogP contribution in [0.3, 0.4) is 0 Å². The Morgan fingerprint density at radius 3 is 1.96 bits per heavy atom. The van der Waals surface area contributed by atoms with Crippen molar-refractivity contribution in [1.29, 1.82) is 0 Å². The number of rotatable bonds is 19. The Morgan fingerprint density at radius 1 is 0.756 bits per heavy atom. The van der Waals surface area contributed by atoms with Gasteiger partial charge in [0.1, 0.15) is 12.1 Å². The fraction of sp³-hybridized carbons (Fsp3) is 0.559. The van der Waals surface area contributed by atoms with E-state index in [1.54, 1.807) is 0 Å². The van der Waals surface area contributed by atoms with Crippen molar-refractivity contribution in [3.63, 3.8) is 0 Å². The van der Waals surface area contributed by atoms with Gasteiger partial charge in [-0.3, -0.25) is 19.2 Å². The van der Waals surface area contributed by atoms with Crippen molar-refractivity contribution >= 4 is 23.6 Å². The summed E-state index contributed by atoms with van der Waals surface area (Å²) in [6.07, 6.45) is 4.99. The third kappa shape index (κ3) is 13.7. The summed E-state index contributed by atoms with van der Waals surface area (Å²) in [5.41, 5.74) is 1.29. The Morgan fingerprint density at radius 2 is 1.38 bits per heavy atom. The molecule has 11 nitrogen and oxygen atoms in total. The van der Waals surface area contributed by atoms with Gasteiger partial charge in [0.2, 0.25) is 17.7 Å². The van der Waals surface area contributed by atoms with E-state index in [0.29, 0.717) is 49.9 Å². The minimum atomic E-state index is -0.889. The summed E-state index contributed by atoms with van der Waals surface area (Å²) in [5, 5.41) is 26.4. The number of aryl methyl sites for hydroxylation is 1. The first kappa shape index (κ1) is 37.2. The molecule has 2 rings (SSSR count). The number of hydrogen-bond donors (Lipinski definition) is 5. The van der Waals surface area contributed by atoms with Crippen molar-refractivity contribution < 1.29 is 23.9 Å². The Hall–Kier alpha value is -3.99. The van der Waals surface area contributed by atoms with Crippen molar-refractivity contribution in [2.24, 2.45) is 11.8 Å². The zero-order valence-electron chi connectivity index (χ0n) is 27.6. The number of amides is 4. The van der Waals surface area contributed by atoms with E-state index in [1.165, 1.54) is 24.5 Å². The molecule has 1 aromatic carbocycles. The maximum Gasteiger partial charge on any atom is 0.252 e. The standard InChI is InChI=1S/C34H52N6O5/c1-7-28(32(42)35-8-2)36-22-27(20-23(3)4)37-33(43)29(15-14-25-12-10-9-11-13-25)38-34(44)30(21-24(5)6)39-31(41)26-16-18-40(45)19-17-26/h9-13,16-19,23-24,27-30,36H,7-8,14-15,20-22H2,1-6H3,(H,35,42)(H,37,43)(H,38,44)(H,39,41)/t27-,28-,29-,30-/m0/s1. The summed E-state index contributed by atoms with van der Waals surface area (Å²) in [6, 6.07) is 10.1. The van der Waals surface area contributed by atoms with E-state index in [0.717, 1.165) is 5.56 Å². The highest BCUT2D eigenvalue weighted by Gasteiger charge is 2.29. The second-order valence-corrected chi connectivity index (χ2v) is 12.3. The molecule has 4 amide bonds. The average molecular weight is 625 g/mol. The molecule has 1 aromatic heterocycles. The van der Waals surface area contributed by atoms with Crippen molar-refractivity contribution in [2.75, 3.05) is 13.1 Å².